The molecule has 1 aromatic rings. The molecule has 4 heteroatoms. The number of hydrogen-bond acceptors (Lipinski definition) is 4. The maximum atomic E-state index is 9.34. The molecular weight excluding hydrogens is 196 g/mol. The fraction of sp³-hybridized carbons (Fsp3) is 0.455. The summed E-state index contributed by atoms with van der Waals surface area (Å²) in [5, 5.41) is 9.34. The van der Waals surface area contributed by atoms with Gasteiger partial charge in [-0.25, -0.2) is 0 Å². The number of methoxy groups -OCH3 is 2. The molecule has 0 bridgehead atoms. The Morgan fingerprint density at radius 3 is 2.20 bits per heavy atom. The van der Waals surface area contributed by atoms with E-state index in [2.05, 4.69) is 0 Å². The van der Waals surface area contributed by atoms with Crippen LogP contribution in [0.3, 0.4) is 0 Å². The Balaban J connectivity index is 2.37. The van der Waals surface area contributed by atoms with Crippen LogP contribution in [0.2, 0.25) is 0 Å². The van der Waals surface area contributed by atoms with E-state index in [4.69, 9.17) is 14.2 Å². The number of rotatable bonds is 6. The van der Waals surface area contributed by atoms with E-state index in [9.17, 15) is 5.11 Å². The molecule has 0 aliphatic carbocycles. The number of benzene rings is 1. The first kappa shape index (κ1) is 11.8. The lowest BCUT2D eigenvalue weighted by atomic mass is 10.3. The van der Waals surface area contributed by atoms with Crippen LogP contribution in [-0.4, -0.2) is 38.6 Å². The first-order chi connectivity index (χ1) is 7.26. The van der Waals surface area contributed by atoms with Gasteiger partial charge in [0.2, 0.25) is 0 Å². The summed E-state index contributed by atoms with van der Waals surface area (Å²) in [7, 11) is 3.15. The summed E-state index contributed by atoms with van der Waals surface area (Å²) in [6.07, 6.45) is -0.600. The van der Waals surface area contributed by atoms with Crippen LogP contribution >= 0.6 is 0 Å². The van der Waals surface area contributed by atoms with Crippen molar-refractivity contribution in [3.8, 4) is 11.5 Å². The Morgan fingerprint density at radius 2 is 1.67 bits per heavy atom. The third-order valence-corrected chi connectivity index (χ3v) is 1.86. The van der Waals surface area contributed by atoms with Crippen molar-refractivity contribution in [3.05, 3.63) is 24.3 Å². The van der Waals surface area contributed by atoms with Crippen LogP contribution < -0.4 is 9.47 Å². The van der Waals surface area contributed by atoms with Crippen molar-refractivity contribution in [2.24, 2.45) is 0 Å². The van der Waals surface area contributed by atoms with Crippen molar-refractivity contribution < 1.29 is 19.3 Å². The minimum absolute atomic E-state index is 0.222. The number of aliphatic hydroxyl groups is 1. The highest BCUT2D eigenvalue weighted by atomic mass is 16.5. The van der Waals surface area contributed by atoms with Crippen LogP contribution in [0.4, 0.5) is 0 Å². The molecule has 84 valence electrons. The molecule has 1 aromatic carbocycles. The summed E-state index contributed by atoms with van der Waals surface area (Å²) in [5.41, 5.74) is 0. The van der Waals surface area contributed by atoms with Gasteiger partial charge in [-0.3, -0.25) is 0 Å². The van der Waals surface area contributed by atoms with Gasteiger partial charge in [0.25, 0.3) is 0 Å². The zero-order valence-corrected chi connectivity index (χ0v) is 8.97. The first-order valence-corrected chi connectivity index (χ1v) is 4.70. The van der Waals surface area contributed by atoms with Crippen molar-refractivity contribution in [3.63, 3.8) is 0 Å². The van der Waals surface area contributed by atoms with Crippen LogP contribution in [0.5, 0.6) is 11.5 Å². The summed E-state index contributed by atoms with van der Waals surface area (Å²) in [4.78, 5) is 0. The predicted octanol–water partition coefficient (Wildman–Crippen LogP) is 1.08. The molecule has 1 unspecified atom stereocenters. The van der Waals surface area contributed by atoms with Crippen molar-refractivity contribution in [1.82, 2.24) is 0 Å². The third kappa shape index (κ3) is 4.18. The van der Waals surface area contributed by atoms with Gasteiger partial charge in [0.05, 0.1) is 13.7 Å². The van der Waals surface area contributed by atoms with Crippen LogP contribution in [0.15, 0.2) is 24.3 Å². The van der Waals surface area contributed by atoms with E-state index >= 15 is 0 Å². The van der Waals surface area contributed by atoms with Gasteiger partial charge >= 0.3 is 0 Å². The van der Waals surface area contributed by atoms with Gasteiger partial charge in [-0.15, -0.1) is 0 Å². The molecule has 0 aliphatic rings. The van der Waals surface area contributed by atoms with Gasteiger partial charge in [0, 0.05) is 7.11 Å². The maximum Gasteiger partial charge on any atom is 0.119 e. The predicted molar refractivity (Wildman–Crippen MR) is 56.4 cm³/mol. The van der Waals surface area contributed by atoms with Gasteiger partial charge in [-0.1, -0.05) is 0 Å². The normalized spacial score (nSPS) is 12.2. The number of ether oxygens (including phenoxy) is 3. The molecule has 0 aliphatic heterocycles. The minimum atomic E-state index is -0.600. The molecule has 4 nitrogen and oxygen atoms in total. The lowest BCUT2D eigenvalue weighted by Crippen LogP contribution is -2.22. The lowest BCUT2D eigenvalue weighted by Gasteiger charge is -2.11. The Morgan fingerprint density at radius 1 is 1.07 bits per heavy atom. The van der Waals surface area contributed by atoms with Crippen LogP contribution in [-0.2, 0) is 4.74 Å². The summed E-state index contributed by atoms with van der Waals surface area (Å²) in [6, 6.07) is 7.19. The fourth-order valence-electron chi connectivity index (χ4n) is 1.10. The second-order valence-electron chi connectivity index (χ2n) is 3.10. The molecule has 0 saturated heterocycles. The van der Waals surface area contributed by atoms with Crippen molar-refractivity contribution >= 4 is 0 Å². The summed E-state index contributed by atoms with van der Waals surface area (Å²) in [6.45, 7) is 0.496. The topological polar surface area (TPSA) is 47.9 Å². The maximum absolute atomic E-state index is 9.34. The molecular formula is C11H16O4. The van der Waals surface area contributed by atoms with E-state index in [1.54, 1.807) is 31.4 Å². The average molecular weight is 212 g/mol. The molecule has 0 radical (unpaired) electrons. The molecule has 0 fully saturated rings. The van der Waals surface area contributed by atoms with Gasteiger partial charge in [-0.05, 0) is 24.3 Å². The first-order valence-electron chi connectivity index (χ1n) is 4.70. The standard InChI is InChI=1S/C11H16O4/c1-13-7-9(12)8-15-11-5-3-10(14-2)4-6-11/h3-6,9,12H,7-8H2,1-2H3. The average Bonchev–Trinajstić information content (AvgIpc) is 2.27. The highest BCUT2D eigenvalue weighted by molar-refractivity contribution is 5.31. The van der Waals surface area contributed by atoms with Crippen molar-refractivity contribution in [1.29, 1.82) is 0 Å². The zero-order valence-electron chi connectivity index (χ0n) is 8.97. The Kier molecular flexibility index (Phi) is 4.93. The van der Waals surface area contributed by atoms with E-state index in [0.717, 1.165) is 5.75 Å². The largest absolute Gasteiger partial charge is 0.497 e. The summed E-state index contributed by atoms with van der Waals surface area (Å²) < 4.78 is 15.1. The van der Waals surface area contributed by atoms with Crippen LogP contribution in [0.1, 0.15) is 0 Å². The molecule has 1 rings (SSSR count). The highest BCUT2D eigenvalue weighted by Crippen LogP contribution is 2.16. The van der Waals surface area contributed by atoms with E-state index in [-0.39, 0.29) is 13.2 Å². The quantitative estimate of drug-likeness (QED) is 0.766. The highest BCUT2D eigenvalue weighted by Gasteiger charge is 2.04. The molecule has 1 atom stereocenters. The third-order valence-electron chi connectivity index (χ3n) is 1.86. The van der Waals surface area contributed by atoms with Gasteiger partial charge < -0.3 is 19.3 Å². The zero-order chi connectivity index (χ0) is 11.1. The minimum Gasteiger partial charge on any atom is -0.497 e. The number of hydrogen-bond donors (Lipinski definition) is 1. The van der Waals surface area contributed by atoms with Gasteiger partial charge in [0.1, 0.15) is 24.2 Å². The number of aliphatic hydroxyl groups excluding tert-OH is 1. The van der Waals surface area contributed by atoms with E-state index < -0.39 is 6.10 Å². The summed E-state index contributed by atoms with van der Waals surface area (Å²) >= 11 is 0. The monoisotopic (exact) mass is 212 g/mol. The Hall–Kier alpha value is -1.26. The van der Waals surface area contributed by atoms with Gasteiger partial charge in [0.15, 0.2) is 0 Å². The van der Waals surface area contributed by atoms with E-state index in [0.29, 0.717) is 5.75 Å². The second kappa shape index (κ2) is 6.27. The second-order valence-corrected chi connectivity index (χ2v) is 3.10. The van der Waals surface area contributed by atoms with Crippen LogP contribution in [0.25, 0.3) is 0 Å². The van der Waals surface area contributed by atoms with Crippen molar-refractivity contribution in [2.45, 2.75) is 6.10 Å². The molecule has 0 saturated carbocycles. The van der Waals surface area contributed by atoms with E-state index in [1.807, 2.05) is 0 Å². The summed E-state index contributed by atoms with van der Waals surface area (Å²) in [5.74, 6) is 1.48. The van der Waals surface area contributed by atoms with Crippen LogP contribution in [0, 0.1) is 0 Å². The molecule has 0 spiro atoms. The van der Waals surface area contributed by atoms with Crippen molar-refractivity contribution in [2.75, 3.05) is 27.4 Å². The Labute approximate surface area is 89.4 Å². The lowest BCUT2D eigenvalue weighted by molar-refractivity contribution is 0.0325. The van der Waals surface area contributed by atoms with Gasteiger partial charge in [-0.2, -0.15) is 0 Å². The molecule has 0 amide bonds. The molecule has 1 N–H and O–H groups in total. The molecule has 15 heavy (non-hydrogen) atoms. The SMILES string of the molecule is COCC(O)COc1ccc(OC)cc1. The van der Waals surface area contributed by atoms with E-state index in [1.165, 1.54) is 7.11 Å². The molecule has 0 aromatic heterocycles. The Bertz CT molecular complexity index is 270. The fourth-order valence-corrected chi connectivity index (χ4v) is 1.10. The molecule has 0 heterocycles. The smallest absolute Gasteiger partial charge is 0.119 e.